The summed E-state index contributed by atoms with van der Waals surface area (Å²) in [6.45, 7) is 0. The van der Waals surface area contributed by atoms with Gasteiger partial charge < -0.3 is 0 Å². The molecule has 0 saturated carbocycles. The van der Waals surface area contributed by atoms with Crippen LogP contribution in [0.1, 0.15) is 0 Å². The molecule has 1 heterocycles. The van der Waals surface area contributed by atoms with E-state index in [4.69, 9.17) is 0 Å². The van der Waals surface area contributed by atoms with Crippen molar-refractivity contribution in [2.75, 3.05) is 0 Å². The monoisotopic (exact) mass is 301 g/mol. The second-order valence-electron chi connectivity index (χ2n) is 3.87. The minimum absolute atomic E-state index is 0.0505. The van der Waals surface area contributed by atoms with E-state index in [1.165, 1.54) is 18.2 Å². The van der Waals surface area contributed by atoms with E-state index in [9.17, 15) is 28.1 Å². The van der Waals surface area contributed by atoms with Crippen molar-refractivity contribution < 1.29 is 22.9 Å². The highest BCUT2D eigenvalue weighted by Crippen LogP contribution is 2.25. The first-order valence-electron chi connectivity index (χ1n) is 5.39. The number of halogens is 3. The van der Waals surface area contributed by atoms with Gasteiger partial charge in [0.1, 0.15) is 0 Å². The van der Waals surface area contributed by atoms with E-state index < -0.39 is 28.8 Å². The Morgan fingerprint density at radius 3 is 2.71 bits per heavy atom. The summed E-state index contributed by atoms with van der Waals surface area (Å²) in [4.78, 5) is 21.1. The van der Waals surface area contributed by atoms with Gasteiger partial charge in [0.25, 0.3) is 11.6 Å². The number of nitrogens with one attached hydrogen (secondary N) is 1. The normalized spacial score (nSPS) is 18.7. The Labute approximate surface area is 114 Å². The third-order valence-corrected chi connectivity index (χ3v) is 2.41. The molecule has 11 heteroatoms. The average Bonchev–Trinajstić information content (AvgIpc) is 2.78. The number of hydrazone groups is 1. The molecule has 0 spiro atoms. The first-order chi connectivity index (χ1) is 9.79. The molecule has 0 bridgehead atoms. The molecule has 1 atom stereocenters. The van der Waals surface area contributed by atoms with Crippen molar-refractivity contribution in [1.29, 1.82) is 0 Å². The molecule has 1 aromatic carbocycles. The molecule has 1 aliphatic rings. The highest BCUT2D eigenvalue weighted by atomic mass is 19.4. The molecule has 2 rings (SSSR count). The molecule has 1 amide bonds. The summed E-state index contributed by atoms with van der Waals surface area (Å²) in [5, 5.41) is 20.1. The van der Waals surface area contributed by atoms with Crippen molar-refractivity contribution in [3.8, 4) is 0 Å². The highest BCUT2D eigenvalue weighted by molar-refractivity contribution is 6.14. The van der Waals surface area contributed by atoms with E-state index in [0.29, 0.717) is 0 Å². The van der Waals surface area contributed by atoms with Crippen LogP contribution >= 0.6 is 0 Å². The van der Waals surface area contributed by atoms with Crippen LogP contribution in [0.25, 0.3) is 0 Å². The lowest BCUT2D eigenvalue weighted by molar-refractivity contribution is -0.384. The van der Waals surface area contributed by atoms with Crippen LogP contribution in [-0.4, -0.2) is 28.8 Å². The summed E-state index contributed by atoms with van der Waals surface area (Å²) < 4.78 is 37.7. The van der Waals surface area contributed by atoms with Gasteiger partial charge >= 0.3 is 6.18 Å². The van der Waals surface area contributed by atoms with E-state index in [2.05, 4.69) is 15.3 Å². The van der Waals surface area contributed by atoms with Gasteiger partial charge in [-0.25, -0.2) is 5.43 Å². The molecule has 0 aliphatic carbocycles. The average molecular weight is 301 g/mol. The fourth-order valence-electron chi connectivity index (χ4n) is 1.48. The fraction of sp³-hybridized carbons (Fsp3) is 0.200. The zero-order valence-corrected chi connectivity index (χ0v) is 10.0. The fourth-order valence-corrected chi connectivity index (χ4v) is 1.48. The Morgan fingerprint density at radius 2 is 2.10 bits per heavy atom. The summed E-state index contributed by atoms with van der Waals surface area (Å²) in [5.41, 5.74) is -0.106. The van der Waals surface area contributed by atoms with Gasteiger partial charge in [0.2, 0.25) is 0 Å². The lowest BCUT2D eigenvalue weighted by Crippen LogP contribution is -2.35. The van der Waals surface area contributed by atoms with Crippen LogP contribution in [0.2, 0.25) is 0 Å². The van der Waals surface area contributed by atoms with Gasteiger partial charge in [0.05, 0.1) is 10.6 Å². The standard InChI is InChI=1S/C10H6F3N5O3/c11-10(12,13)8-7(9(19)17-16-8)15-14-5-2-1-3-6(4-5)18(20)21/h1-4,7H,(H,17,19)/t7-/m1/s1. The van der Waals surface area contributed by atoms with E-state index in [-0.39, 0.29) is 11.4 Å². The zero-order chi connectivity index (χ0) is 15.6. The molecule has 0 unspecified atom stereocenters. The lowest BCUT2D eigenvalue weighted by atomic mass is 10.2. The van der Waals surface area contributed by atoms with Gasteiger partial charge in [-0.15, -0.1) is 0 Å². The summed E-state index contributed by atoms with van der Waals surface area (Å²) in [6, 6.07) is 2.86. The van der Waals surface area contributed by atoms with Crippen molar-refractivity contribution in [2.45, 2.75) is 12.2 Å². The Hall–Kier alpha value is -2.85. The Balaban J connectivity index is 2.24. The maximum absolute atomic E-state index is 12.6. The number of nitro benzene ring substituents is 1. The van der Waals surface area contributed by atoms with Crippen LogP contribution in [0.15, 0.2) is 39.6 Å². The van der Waals surface area contributed by atoms with E-state index in [1.54, 1.807) is 5.43 Å². The van der Waals surface area contributed by atoms with Crippen LogP contribution in [-0.2, 0) is 4.79 Å². The predicted molar refractivity (Wildman–Crippen MR) is 63.0 cm³/mol. The van der Waals surface area contributed by atoms with Crippen LogP contribution in [0.5, 0.6) is 0 Å². The number of nitrogens with zero attached hydrogens (tertiary/aromatic N) is 4. The van der Waals surface area contributed by atoms with Gasteiger partial charge in [-0.2, -0.15) is 28.5 Å². The maximum atomic E-state index is 12.6. The van der Waals surface area contributed by atoms with Crippen LogP contribution < -0.4 is 5.43 Å². The quantitative estimate of drug-likeness (QED) is 0.524. The van der Waals surface area contributed by atoms with Crippen molar-refractivity contribution in [2.24, 2.45) is 15.3 Å². The van der Waals surface area contributed by atoms with E-state index >= 15 is 0 Å². The summed E-state index contributed by atoms with van der Waals surface area (Å²) >= 11 is 0. The Bertz CT molecular complexity index is 656. The number of alkyl halides is 3. The molecule has 0 radical (unpaired) electrons. The van der Waals surface area contributed by atoms with E-state index in [1.807, 2.05) is 0 Å². The van der Waals surface area contributed by atoms with Gasteiger partial charge in [-0.1, -0.05) is 6.07 Å². The van der Waals surface area contributed by atoms with E-state index in [0.717, 1.165) is 6.07 Å². The van der Waals surface area contributed by atoms with Crippen molar-refractivity contribution in [1.82, 2.24) is 5.43 Å². The maximum Gasteiger partial charge on any atom is 0.433 e. The molecule has 0 fully saturated rings. The van der Waals surface area contributed by atoms with Crippen molar-refractivity contribution >= 4 is 23.0 Å². The number of hydrogen-bond acceptors (Lipinski definition) is 6. The van der Waals surface area contributed by atoms with Crippen LogP contribution in [0.3, 0.4) is 0 Å². The van der Waals surface area contributed by atoms with Gasteiger partial charge in [-0.3, -0.25) is 14.9 Å². The van der Waals surface area contributed by atoms with Crippen molar-refractivity contribution in [3.63, 3.8) is 0 Å². The van der Waals surface area contributed by atoms with Crippen LogP contribution in [0, 0.1) is 10.1 Å². The summed E-state index contributed by atoms with van der Waals surface area (Å²) in [5.74, 6) is -1.07. The first-order valence-corrected chi connectivity index (χ1v) is 5.39. The van der Waals surface area contributed by atoms with Gasteiger partial charge in [0.15, 0.2) is 11.8 Å². The number of azo groups is 1. The number of rotatable bonds is 3. The lowest BCUT2D eigenvalue weighted by Gasteiger charge is -2.07. The molecule has 0 saturated heterocycles. The van der Waals surface area contributed by atoms with Gasteiger partial charge in [-0.05, 0) is 6.07 Å². The zero-order valence-electron chi connectivity index (χ0n) is 10.0. The topological polar surface area (TPSA) is 109 Å². The molecule has 8 nitrogen and oxygen atoms in total. The highest BCUT2D eigenvalue weighted by Gasteiger charge is 2.47. The number of nitro groups is 1. The molecular formula is C10H6F3N5O3. The Kier molecular flexibility index (Phi) is 3.65. The molecule has 1 aromatic rings. The SMILES string of the molecule is O=C1NN=C(C(F)(F)F)[C@H]1N=Nc1cccc([N+](=O)[O-])c1. The number of non-ortho nitro benzene ring substituents is 1. The third kappa shape index (κ3) is 3.19. The number of hydrogen-bond donors (Lipinski definition) is 1. The summed E-state index contributed by atoms with van der Waals surface area (Å²) in [7, 11) is 0. The number of carbonyl (C=O) groups excluding carboxylic acids is 1. The third-order valence-electron chi connectivity index (χ3n) is 2.41. The number of benzene rings is 1. The van der Waals surface area contributed by atoms with Crippen molar-refractivity contribution in [3.05, 3.63) is 34.4 Å². The summed E-state index contributed by atoms with van der Waals surface area (Å²) in [6.07, 6.45) is -4.83. The smallest absolute Gasteiger partial charge is 0.270 e. The number of amides is 1. The first kappa shape index (κ1) is 14.6. The van der Waals surface area contributed by atoms with Crippen LogP contribution in [0.4, 0.5) is 24.5 Å². The molecule has 1 N–H and O–H groups in total. The van der Waals surface area contributed by atoms with Gasteiger partial charge in [0, 0.05) is 12.1 Å². The molecule has 0 aromatic heterocycles. The minimum Gasteiger partial charge on any atom is -0.270 e. The second kappa shape index (κ2) is 5.26. The molecule has 110 valence electrons. The number of carbonyl (C=O) groups is 1. The molecular weight excluding hydrogens is 295 g/mol. The Morgan fingerprint density at radius 1 is 1.38 bits per heavy atom. The minimum atomic E-state index is -4.83. The molecule has 21 heavy (non-hydrogen) atoms. The largest absolute Gasteiger partial charge is 0.433 e. The second-order valence-corrected chi connectivity index (χ2v) is 3.87. The predicted octanol–water partition coefficient (Wildman–Crippen LogP) is 2.10. The molecule has 1 aliphatic heterocycles.